The quantitative estimate of drug-likeness (QED) is 0.682. The van der Waals surface area contributed by atoms with Gasteiger partial charge in [0.2, 0.25) is 0 Å². The molecule has 18 heavy (non-hydrogen) atoms. The lowest BCUT2D eigenvalue weighted by atomic mass is 10.2. The number of hydrogen-bond donors (Lipinski definition) is 1. The Kier molecular flexibility index (Phi) is 4.76. The molecule has 0 aromatic heterocycles. The molecule has 100 valence electrons. The predicted molar refractivity (Wildman–Crippen MR) is 77.7 cm³/mol. The molecule has 0 aliphatic heterocycles. The van der Waals surface area contributed by atoms with Crippen LogP contribution in [0.1, 0.15) is 12.5 Å². The molecule has 0 bridgehead atoms. The van der Waals surface area contributed by atoms with Crippen LogP contribution in [0.2, 0.25) is 5.02 Å². The zero-order valence-corrected chi connectivity index (χ0v) is 12.6. The smallest absolute Gasteiger partial charge is 0.0910 e. The van der Waals surface area contributed by atoms with Crippen LogP contribution >= 0.6 is 11.6 Å². The highest BCUT2D eigenvalue weighted by molar-refractivity contribution is 7.91. The van der Waals surface area contributed by atoms with Crippen molar-refractivity contribution in [1.82, 2.24) is 4.90 Å². The third kappa shape index (κ3) is 3.71. The summed E-state index contributed by atoms with van der Waals surface area (Å²) in [5.41, 5.74) is 1.40. The summed E-state index contributed by atoms with van der Waals surface area (Å²) in [5, 5.41) is 0.415. The fourth-order valence-corrected chi connectivity index (χ4v) is 2.70. The van der Waals surface area contributed by atoms with E-state index in [9.17, 15) is 4.21 Å². The van der Waals surface area contributed by atoms with E-state index in [0.29, 0.717) is 15.6 Å². The molecule has 1 unspecified atom stereocenters. The molecule has 6 heteroatoms. The van der Waals surface area contributed by atoms with Crippen molar-refractivity contribution in [3.63, 3.8) is 0 Å². The highest BCUT2D eigenvalue weighted by Crippen LogP contribution is 2.30. The van der Waals surface area contributed by atoms with Crippen molar-refractivity contribution in [2.75, 3.05) is 19.8 Å². The first-order chi connectivity index (χ1) is 8.25. The van der Waals surface area contributed by atoms with Gasteiger partial charge in [-0.1, -0.05) is 11.6 Å². The molecule has 1 rings (SSSR count). The highest BCUT2D eigenvalue weighted by atomic mass is 35.5. The second-order valence-corrected chi connectivity index (χ2v) is 6.76. The zero-order valence-electron chi connectivity index (χ0n) is 11.0. The number of rotatable bonds is 4. The normalized spacial score (nSPS) is 14.7. The molecule has 0 saturated carbocycles. The molecule has 0 fully saturated rings. The van der Waals surface area contributed by atoms with Crippen molar-refractivity contribution >= 4 is 33.4 Å². The minimum Gasteiger partial charge on any atom is -0.366 e. The summed E-state index contributed by atoms with van der Waals surface area (Å²) in [6.07, 6.45) is 3.09. The molecule has 1 aromatic carbocycles. The number of aliphatic imine (C=N–C) groups is 1. The number of hydrogen-bond acceptors (Lipinski definition) is 3. The Morgan fingerprint density at radius 2 is 2.17 bits per heavy atom. The monoisotopic (exact) mass is 287 g/mol. The molecule has 0 saturated heterocycles. The molecular weight excluding hydrogens is 270 g/mol. The van der Waals surface area contributed by atoms with E-state index in [-0.39, 0.29) is 0 Å². The van der Waals surface area contributed by atoms with Gasteiger partial charge in [0.25, 0.3) is 0 Å². The Morgan fingerprint density at radius 3 is 2.67 bits per heavy atom. The van der Waals surface area contributed by atoms with Crippen molar-refractivity contribution in [2.45, 2.75) is 18.7 Å². The number of aryl methyl sites for hydroxylation is 1. The van der Waals surface area contributed by atoms with E-state index in [4.69, 9.17) is 16.4 Å². The van der Waals surface area contributed by atoms with Crippen molar-refractivity contribution in [3.8, 4) is 0 Å². The van der Waals surface area contributed by atoms with Crippen LogP contribution in [0.3, 0.4) is 0 Å². The average molecular weight is 288 g/mol. The van der Waals surface area contributed by atoms with Crippen LogP contribution in [-0.4, -0.2) is 35.3 Å². The number of nitrogens with one attached hydrogen (secondary N) is 1. The van der Waals surface area contributed by atoms with Gasteiger partial charge in [-0.25, -0.2) is 14.0 Å². The van der Waals surface area contributed by atoms with E-state index in [2.05, 4.69) is 4.99 Å². The molecule has 1 N–H and O–H groups in total. The summed E-state index contributed by atoms with van der Waals surface area (Å²) in [6, 6.07) is 3.33. The fraction of sp³-hybridized carbons (Fsp3) is 0.417. The Bertz CT molecular complexity index is 567. The van der Waals surface area contributed by atoms with Crippen molar-refractivity contribution in [2.24, 2.45) is 4.99 Å². The topological polar surface area (TPSA) is 56.5 Å². The number of benzene rings is 1. The van der Waals surface area contributed by atoms with Crippen LogP contribution in [-0.2, 0) is 9.73 Å². The standard InChI is InChI=1S/C12H18ClN3OS/c1-5-16(3)8-15-11-6-9(2)12(7-10(11)13)18(4,14)17/h6-8,14H,5H2,1-4H3. The molecule has 0 aliphatic rings. The SMILES string of the molecule is CCN(C)C=Nc1cc(C)c(S(C)(=N)=O)cc1Cl. The molecule has 1 atom stereocenters. The number of halogens is 1. The van der Waals surface area contributed by atoms with Crippen LogP contribution in [0, 0.1) is 11.7 Å². The van der Waals surface area contributed by atoms with Crippen LogP contribution in [0.5, 0.6) is 0 Å². The lowest BCUT2D eigenvalue weighted by Gasteiger charge is -2.11. The summed E-state index contributed by atoms with van der Waals surface area (Å²) < 4.78 is 19.3. The van der Waals surface area contributed by atoms with E-state index in [1.807, 2.05) is 25.8 Å². The third-order valence-electron chi connectivity index (χ3n) is 2.56. The van der Waals surface area contributed by atoms with Gasteiger partial charge in [0, 0.05) is 19.8 Å². The van der Waals surface area contributed by atoms with Crippen LogP contribution in [0.25, 0.3) is 0 Å². The van der Waals surface area contributed by atoms with Gasteiger partial charge in [0.1, 0.15) is 0 Å². The van der Waals surface area contributed by atoms with E-state index in [0.717, 1.165) is 12.1 Å². The highest BCUT2D eigenvalue weighted by Gasteiger charge is 2.11. The van der Waals surface area contributed by atoms with Gasteiger partial charge < -0.3 is 4.90 Å². The van der Waals surface area contributed by atoms with Gasteiger partial charge in [0.05, 0.1) is 31.7 Å². The maximum atomic E-state index is 11.7. The van der Waals surface area contributed by atoms with E-state index in [1.165, 1.54) is 6.26 Å². The molecule has 0 aliphatic carbocycles. The van der Waals surface area contributed by atoms with Crippen LogP contribution < -0.4 is 0 Å². The molecular formula is C12H18ClN3OS. The summed E-state index contributed by atoms with van der Waals surface area (Å²) in [4.78, 5) is 6.67. The van der Waals surface area contributed by atoms with Gasteiger partial charge in [-0.3, -0.25) is 0 Å². The maximum absolute atomic E-state index is 11.7. The predicted octanol–water partition coefficient (Wildman–Crippen LogP) is 3.30. The molecule has 0 amide bonds. The van der Waals surface area contributed by atoms with Crippen molar-refractivity contribution in [1.29, 1.82) is 4.78 Å². The second-order valence-electron chi connectivity index (χ2n) is 4.23. The molecule has 0 spiro atoms. The zero-order chi connectivity index (χ0) is 13.9. The van der Waals surface area contributed by atoms with Gasteiger partial charge in [-0.2, -0.15) is 0 Å². The summed E-state index contributed by atoms with van der Waals surface area (Å²) in [6.45, 7) is 4.69. The van der Waals surface area contributed by atoms with Crippen LogP contribution in [0.15, 0.2) is 22.0 Å². The fourth-order valence-electron chi connectivity index (χ4n) is 1.41. The minimum atomic E-state index is -2.76. The number of nitrogens with zero attached hydrogens (tertiary/aromatic N) is 2. The first-order valence-electron chi connectivity index (χ1n) is 5.54. The van der Waals surface area contributed by atoms with E-state index >= 15 is 0 Å². The van der Waals surface area contributed by atoms with Crippen molar-refractivity contribution in [3.05, 3.63) is 22.7 Å². The summed E-state index contributed by atoms with van der Waals surface area (Å²) in [7, 11) is -0.837. The van der Waals surface area contributed by atoms with Gasteiger partial charge >= 0.3 is 0 Å². The first-order valence-corrected chi connectivity index (χ1v) is 7.88. The van der Waals surface area contributed by atoms with E-state index < -0.39 is 9.73 Å². The second kappa shape index (κ2) is 5.71. The lowest BCUT2D eigenvalue weighted by molar-refractivity contribution is 0.552. The van der Waals surface area contributed by atoms with E-state index in [1.54, 1.807) is 18.5 Å². The Labute approximate surface area is 114 Å². The lowest BCUT2D eigenvalue weighted by Crippen LogP contribution is -2.14. The maximum Gasteiger partial charge on any atom is 0.0910 e. The van der Waals surface area contributed by atoms with Gasteiger partial charge in [0.15, 0.2) is 0 Å². The van der Waals surface area contributed by atoms with Gasteiger partial charge in [-0.15, -0.1) is 0 Å². The van der Waals surface area contributed by atoms with Gasteiger partial charge in [-0.05, 0) is 31.5 Å². The Morgan fingerprint density at radius 1 is 1.56 bits per heavy atom. The Balaban J connectivity index is 3.20. The summed E-state index contributed by atoms with van der Waals surface area (Å²) >= 11 is 6.09. The molecule has 0 heterocycles. The van der Waals surface area contributed by atoms with Crippen molar-refractivity contribution < 1.29 is 4.21 Å². The third-order valence-corrected chi connectivity index (χ3v) is 4.14. The minimum absolute atomic E-state index is 0.415. The molecule has 0 radical (unpaired) electrons. The molecule has 1 aromatic rings. The first kappa shape index (κ1) is 15.0. The average Bonchev–Trinajstić information content (AvgIpc) is 2.27. The Hall–Kier alpha value is -1.07. The summed E-state index contributed by atoms with van der Waals surface area (Å²) in [5.74, 6) is 0. The molecule has 4 nitrogen and oxygen atoms in total. The van der Waals surface area contributed by atoms with Crippen LogP contribution in [0.4, 0.5) is 5.69 Å². The largest absolute Gasteiger partial charge is 0.366 e.